The number of halogens is 1. The van der Waals surface area contributed by atoms with Gasteiger partial charge in [-0.1, -0.05) is 134 Å². The predicted octanol–water partition coefficient (Wildman–Crippen LogP) is 9.78. The van der Waals surface area contributed by atoms with E-state index in [4.69, 9.17) is 11.6 Å². The molecule has 1 nitrogen and oxygen atoms in total. The third-order valence-electron chi connectivity index (χ3n) is 5.81. The fourth-order valence-corrected chi connectivity index (χ4v) is 4.23. The Kier molecular flexibility index (Phi) is 20.8. The lowest BCUT2D eigenvalue weighted by Gasteiger charge is -2.07. The smallest absolute Gasteiger partial charge is 0.0476 e. The van der Waals surface area contributed by atoms with Gasteiger partial charge in [0, 0.05) is 5.88 Å². The van der Waals surface area contributed by atoms with Crippen molar-refractivity contribution in [2.45, 2.75) is 128 Å². The Hall–Kier alpha value is -0.530. The zero-order chi connectivity index (χ0) is 19.4. The maximum atomic E-state index is 6.01. The molecule has 0 aliphatic carbocycles. The Morgan fingerprint density at radius 1 is 0.536 bits per heavy atom. The molecular formula is C26H48ClN. The molecule has 1 aromatic carbocycles. The van der Waals surface area contributed by atoms with E-state index in [0.29, 0.717) is 5.88 Å². The lowest BCUT2D eigenvalue weighted by atomic mass is 10.0. The van der Waals surface area contributed by atoms with Crippen LogP contribution in [0.1, 0.15) is 127 Å². The summed E-state index contributed by atoms with van der Waals surface area (Å²) in [6.45, 7) is 2.30. The van der Waals surface area contributed by atoms with Crippen LogP contribution < -0.4 is 6.15 Å². The largest absolute Gasteiger partial charge is 0.344 e. The minimum atomic E-state index is 0. The molecular weight excluding hydrogens is 362 g/mol. The fourth-order valence-electron chi connectivity index (χ4n) is 3.97. The molecule has 2 heteroatoms. The van der Waals surface area contributed by atoms with Crippen LogP contribution in [0.5, 0.6) is 0 Å². The Morgan fingerprint density at radius 2 is 0.893 bits per heavy atom. The summed E-state index contributed by atoms with van der Waals surface area (Å²) in [5, 5.41) is 0. The van der Waals surface area contributed by atoms with E-state index in [1.807, 2.05) is 0 Å². The van der Waals surface area contributed by atoms with E-state index in [2.05, 4.69) is 31.2 Å². The third kappa shape index (κ3) is 15.4. The van der Waals surface area contributed by atoms with Gasteiger partial charge in [-0.25, -0.2) is 0 Å². The molecule has 0 aliphatic heterocycles. The molecule has 164 valence electrons. The van der Waals surface area contributed by atoms with Crippen molar-refractivity contribution in [3.63, 3.8) is 0 Å². The van der Waals surface area contributed by atoms with Crippen molar-refractivity contribution in [1.82, 2.24) is 6.15 Å². The maximum Gasteiger partial charge on any atom is 0.0476 e. The zero-order valence-corrected chi connectivity index (χ0v) is 19.6. The van der Waals surface area contributed by atoms with Gasteiger partial charge in [-0.3, -0.25) is 0 Å². The fraction of sp³-hybridized carbons (Fsp3) is 0.769. The van der Waals surface area contributed by atoms with Gasteiger partial charge in [0.1, 0.15) is 0 Å². The molecule has 0 atom stereocenters. The minimum absolute atomic E-state index is 0. The predicted molar refractivity (Wildman–Crippen MR) is 129 cm³/mol. The number of hydrogen-bond acceptors (Lipinski definition) is 1. The summed E-state index contributed by atoms with van der Waals surface area (Å²) >= 11 is 6.01. The number of aryl methyl sites for hydroxylation is 1. The molecule has 0 aromatic heterocycles. The highest BCUT2D eigenvalue weighted by Crippen LogP contribution is 2.17. The number of unbranched alkanes of at least 4 members (excludes halogenated alkanes) is 16. The zero-order valence-electron chi connectivity index (χ0n) is 18.8. The Labute approximate surface area is 181 Å². The number of benzene rings is 1. The van der Waals surface area contributed by atoms with Crippen molar-refractivity contribution >= 4 is 11.6 Å². The second kappa shape index (κ2) is 21.2. The molecule has 0 saturated heterocycles. The van der Waals surface area contributed by atoms with Gasteiger partial charge in [-0.2, -0.15) is 0 Å². The Bertz CT molecular complexity index is 432. The van der Waals surface area contributed by atoms with Gasteiger partial charge in [-0.05, 0) is 24.0 Å². The topological polar surface area (TPSA) is 35.0 Å². The van der Waals surface area contributed by atoms with Crippen LogP contribution >= 0.6 is 11.6 Å². The molecule has 0 heterocycles. The van der Waals surface area contributed by atoms with Crippen molar-refractivity contribution in [1.29, 1.82) is 0 Å². The number of rotatable bonds is 19. The van der Waals surface area contributed by atoms with E-state index in [1.54, 1.807) is 0 Å². The first-order valence-corrected chi connectivity index (χ1v) is 12.5. The summed E-state index contributed by atoms with van der Waals surface area (Å²) < 4.78 is 0. The van der Waals surface area contributed by atoms with Crippen LogP contribution in [-0.2, 0) is 12.3 Å². The highest BCUT2D eigenvalue weighted by Gasteiger charge is 2.00. The number of hydrogen-bond donors (Lipinski definition) is 1. The van der Waals surface area contributed by atoms with E-state index >= 15 is 0 Å². The summed E-state index contributed by atoms with van der Waals surface area (Å²) in [6.07, 6.45) is 25.6. The van der Waals surface area contributed by atoms with Gasteiger partial charge in [0.2, 0.25) is 0 Å². The average molecular weight is 410 g/mol. The first-order valence-electron chi connectivity index (χ1n) is 12.0. The Morgan fingerprint density at radius 3 is 1.29 bits per heavy atom. The van der Waals surface area contributed by atoms with E-state index in [-0.39, 0.29) is 6.15 Å². The van der Waals surface area contributed by atoms with Crippen LogP contribution in [0.15, 0.2) is 24.3 Å². The van der Waals surface area contributed by atoms with Gasteiger partial charge >= 0.3 is 0 Å². The van der Waals surface area contributed by atoms with Gasteiger partial charge < -0.3 is 6.15 Å². The van der Waals surface area contributed by atoms with Crippen LogP contribution in [0.25, 0.3) is 0 Å². The highest BCUT2D eigenvalue weighted by molar-refractivity contribution is 6.17. The number of alkyl halides is 1. The summed E-state index contributed by atoms with van der Waals surface area (Å²) in [5.74, 6) is 0.648. The van der Waals surface area contributed by atoms with E-state index in [9.17, 15) is 0 Å². The van der Waals surface area contributed by atoms with Gasteiger partial charge in [0.15, 0.2) is 0 Å². The molecule has 0 saturated carbocycles. The molecule has 0 bridgehead atoms. The van der Waals surface area contributed by atoms with Crippen molar-refractivity contribution in [3.8, 4) is 0 Å². The second-order valence-corrected chi connectivity index (χ2v) is 8.58. The lowest BCUT2D eigenvalue weighted by Crippen LogP contribution is -1.92. The second-order valence-electron chi connectivity index (χ2n) is 8.31. The molecule has 0 amide bonds. The molecule has 0 unspecified atom stereocenters. The van der Waals surface area contributed by atoms with Crippen LogP contribution in [0.3, 0.4) is 0 Å². The Balaban J connectivity index is 0.00000729. The molecule has 1 rings (SSSR count). The summed E-state index contributed by atoms with van der Waals surface area (Å²) in [7, 11) is 0. The van der Waals surface area contributed by atoms with Crippen LogP contribution in [0.2, 0.25) is 0 Å². The van der Waals surface area contributed by atoms with Crippen molar-refractivity contribution < 1.29 is 0 Å². The van der Waals surface area contributed by atoms with Crippen LogP contribution in [0.4, 0.5) is 0 Å². The first kappa shape index (κ1) is 27.5. The van der Waals surface area contributed by atoms with Gasteiger partial charge in [0.25, 0.3) is 0 Å². The third-order valence-corrected chi connectivity index (χ3v) is 6.10. The molecule has 1 aromatic rings. The van der Waals surface area contributed by atoms with Gasteiger partial charge in [0.05, 0.1) is 0 Å². The minimum Gasteiger partial charge on any atom is -0.344 e. The quantitative estimate of drug-likeness (QED) is 0.179. The molecule has 0 aliphatic rings. The molecule has 0 fully saturated rings. The normalized spacial score (nSPS) is 10.8. The van der Waals surface area contributed by atoms with Gasteiger partial charge in [-0.15, -0.1) is 11.6 Å². The van der Waals surface area contributed by atoms with E-state index in [1.165, 1.54) is 127 Å². The maximum absolute atomic E-state index is 6.01. The van der Waals surface area contributed by atoms with Crippen LogP contribution in [-0.4, -0.2) is 0 Å². The average Bonchev–Trinajstić information content (AvgIpc) is 2.70. The van der Waals surface area contributed by atoms with Crippen molar-refractivity contribution in [3.05, 3.63) is 35.4 Å². The van der Waals surface area contributed by atoms with E-state index in [0.717, 1.165) is 0 Å². The molecule has 28 heavy (non-hydrogen) atoms. The molecule has 0 spiro atoms. The van der Waals surface area contributed by atoms with Crippen molar-refractivity contribution in [2.24, 2.45) is 0 Å². The van der Waals surface area contributed by atoms with E-state index < -0.39 is 0 Å². The summed E-state index contributed by atoms with van der Waals surface area (Å²) in [6, 6.07) is 8.63. The lowest BCUT2D eigenvalue weighted by molar-refractivity contribution is 0.527. The van der Waals surface area contributed by atoms with Crippen molar-refractivity contribution in [2.75, 3.05) is 0 Å². The highest BCUT2D eigenvalue weighted by atomic mass is 35.5. The first-order chi connectivity index (χ1) is 13.4. The van der Waals surface area contributed by atoms with Crippen LogP contribution in [0, 0.1) is 0 Å². The summed E-state index contributed by atoms with van der Waals surface area (Å²) in [5.41, 5.74) is 2.77. The summed E-state index contributed by atoms with van der Waals surface area (Å²) in [4.78, 5) is 0. The monoisotopic (exact) mass is 409 g/mol. The molecule has 3 N–H and O–H groups in total. The standard InChI is InChI=1S/C26H45Cl.H3N/c1-2-3-4-5-6-7-8-9-10-11-12-13-14-15-16-17-18-21-25-22-19-20-23-26(25)24-27;/h19-20,22-23H,2-18,21,24H2,1H3;1H3. The molecule has 0 radical (unpaired) electrons. The SMILES string of the molecule is CCCCCCCCCCCCCCCCCCCc1ccccc1CCl.N.